The van der Waals surface area contributed by atoms with Gasteiger partial charge in [-0.25, -0.2) is 12.8 Å². The Morgan fingerprint density at radius 2 is 1.63 bits per heavy atom. The lowest BCUT2D eigenvalue weighted by Gasteiger charge is -2.35. The van der Waals surface area contributed by atoms with Crippen LogP contribution in [0, 0.1) is 5.82 Å². The first kappa shape index (κ1) is 22.2. The lowest BCUT2D eigenvalue weighted by atomic mass is 10.2. The lowest BCUT2D eigenvalue weighted by Crippen LogP contribution is -2.48. The number of sulfonamides is 1. The van der Waals surface area contributed by atoms with Crippen molar-refractivity contribution in [2.45, 2.75) is 19.4 Å². The van der Waals surface area contributed by atoms with Crippen molar-refractivity contribution >= 4 is 21.6 Å². The van der Waals surface area contributed by atoms with E-state index in [0.29, 0.717) is 19.5 Å². The van der Waals surface area contributed by atoms with E-state index in [-0.39, 0.29) is 24.6 Å². The van der Waals surface area contributed by atoms with E-state index in [1.54, 1.807) is 6.07 Å². The van der Waals surface area contributed by atoms with E-state index in [2.05, 4.69) is 17.0 Å². The van der Waals surface area contributed by atoms with Crippen LogP contribution in [-0.2, 0) is 21.4 Å². The zero-order valence-electron chi connectivity index (χ0n) is 17.2. The maximum absolute atomic E-state index is 14.1. The van der Waals surface area contributed by atoms with Gasteiger partial charge in [0.25, 0.3) is 0 Å². The van der Waals surface area contributed by atoms with Crippen LogP contribution in [-0.4, -0.2) is 63.1 Å². The molecule has 162 valence electrons. The van der Waals surface area contributed by atoms with Crippen molar-refractivity contribution in [2.75, 3.05) is 43.3 Å². The molecule has 8 heteroatoms. The summed E-state index contributed by atoms with van der Waals surface area (Å²) in [6.07, 6.45) is 1.62. The fraction of sp³-hybridized carbons (Fsp3) is 0.409. The van der Waals surface area contributed by atoms with Gasteiger partial charge in [0.1, 0.15) is 5.82 Å². The summed E-state index contributed by atoms with van der Waals surface area (Å²) in [7, 11) is -3.64. The Bertz CT molecular complexity index is 945. The van der Waals surface area contributed by atoms with Gasteiger partial charge in [0.2, 0.25) is 15.9 Å². The smallest absolute Gasteiger partial charge is 0.232 e. The first-order valence-electron chi connectivity index (χ1n) is 10.1. The van der Waals surface area contributed by atoms with E-state index in [4.69, 9.17) is 0 Å². The number of rotatable bonds is 8. The van der Waals surface area contributed by atoms with E-state index in [9.17, 15) is 17.6 Å². The van der Waals surface area contributed by atoms with Gasteiger partial charge in [-0.1, -0.05) is 42.5 Å². The molecule has 1 heterocycles. The van der Waals surface area contributed by atoms with E-state index in [1.165, 1.54) is 23.8 Å². The van der Waals surface area contributed by atoms with Crippen LogP contribution in [0.25, 0.3) is 0 Å². The van der Waals surface area contributed by atoms with Gasteiger partial charge in [0.05, 0.1) is 11.9 Å². The van der Waals surface area contributed by atoms with E-state index >= 15 is 0 Å². The molecule has 0 bridgehead atoms. The number of halogens is 1. The number of nitrogens with zero attached hydrogens (tertiary/aromatic N) is 3. The molecule has 0 radical (unpaired) electrons. The highest BCUT2D eigenvalue weighted by molar-refractivity contribution is 7.92. The van der Waals surface area contributed by atoms with Crippen molar-refractivity contribution < 1.29 is 17.6 Å². The van der Waals surface area contributed by atoms with E-state index in [1.807, 2.05) is 23.1 Å². The monoisotopic (exact) mass is 433 g/mol. The fourth-order valence-electron chi connectivity index (χ4n) is 3.65. The zero-order valence-corrected chi connectivity index (χ0v) is 18.0. The first-order chi connectivity index (χ1) is 14.3. The fourth-order valence-corrected chi connectivity index (χ4v) is 4.61. The Morgan fingerprint density at radius 3 is 2.27 bits per heavy atom. The SMILES string of the molecule is CS(=O)(=O)N(CCCC(=O)N1CCN(Cc2ccccc2)CC1)c1ccccc1F. The Hall–Kier alpha value is -2.45. The van der Waals surface area contributed by atoms with Crippen molar-refractivity contribution in [2.24, 2.45) is 0 Å². The van der Waals surface area contributed by atoms with Crippen molar-refractivity contribution in [1.29, 1.82) is 0 Å². The highest BCUT2D eigenvalue weighted by atomic mass is 32.2. The van der Waals surface area contributed by atoms with Crippen LogP contribution in [0.1, 0.15) is 18.4 Å². The Labute approximate surface area is 177 Å². The van der Waals surface area contributed by atoms with Crippen molar-refractivity contribution in [3.8, 4) is 0 Å². The van der Waals surface area contributed by atoms with E-state index < -0.39 is 15.8 Å². The van der Waals surface area contributed by atoms with Crippen LogP contribution in [0.2, 0.25) is 0 Å². The average Bonchev–Trinajstić information content (AvgIpc) is 2.72. The summed E-state index contributed by atoms with van der Waals surface area (Å²) in [4.78, 5) is 16.7. The number of carbonyl (C=O) groups is 1. The first-order valence-corrected chi connectivity index (χ1v) is 12.0. The normalized spacial score (nSPS) is 15.2. The van der Waals surface area contributed by atoms with Gasteiger partial charge >= 0.3 is 0 Å². The van der Waals surface area contributed by atoms with Crippen LogP contribution < -0.4 is 4.31 Å². The molecule has 1 fully saturated rings. The molecule has 1 aliphatic rings. The number of piperazine rings is 1. The summed E-state index contributed by atoms with van der Waals surface area (Å²) in [5.74, 6) is -0.583. The van der Waals surface area contributed by atoms with Gasteiger partial charge in [0, 0.05) is 45.7 Å². The number of para-hydroxylation sites is 1. The standard InChI is InChI=1S/C22H28FN3O3S/c1-30(28,29)26(21-11-6-5-10-20(21)23)13-7-12-22(27)25-16-14-24(15-17-25)18-19-8-3-2-4-9-19/h2-6,8-11H,7,12-18H2,1H3. The van der Waals surface area contributed by atoms with Crippen molar-refractivity contribution in [3.05, 3.63) is 66.0 Å². The summed E-state index contributed by atoms with van der Waals surface area (Å²) in [6, 6.07) is 16.0. The number of benzene rings is 2. The maximum Gasteiger partial charge on any atom is 0.232 e. The number of amides is 1. The van der Waals surface area contributed by atoms with Gasteiger partial charge in [0.15, 0.2) is 0 Å². The Kier molecular flexibility index (Phi) is 7.44. The third kappa shape index (κ3) is 6.03. The number of carbonyl (C=O) groups excluding carboxylic acids is 1. The van der Waals surface area contributed by atoms with Crippen LogP contribution in [0.15, 0.2) is 54.6 Å². The molecular formula is C22H28FN3O3S. The molecule has 0 aliphatic carbocycles. The average molecular weight is 434 g/mol. The summed E-state index contributed by atoms with van der Waals surface area (Å²) in [5, 5.41) is 0. The molecule has 0 atom stereocenters. The van der Waals surface area contributed by atoms with Gasteiger partial charge in [-0.3, -0.25) is 14.0 Å². The highest BCUT2D eigenvalue weighted by Crippen LogP contribution is 2.22. The van der Waals surface area contributed by atoms with Crippen LogP contribution in [0.3, 0.4) is 0 Å². The molecule has 3 rings (SSSR count). The predicted octanol–water partition coefficient (Wildman–Crippen LogP) is 2.72. The topological polar surface area (TPSA) is 60.9 Å². The summed E-state index contributed by atoms with van der Waals surface area (Å²) in [6.45, 7) is 3.88. The van der Waals surface area contributed by atoms with Crippen molar-refractivity contribution in [3.63, 3.8) is 0 Å². The Morgan fingerprint density at radius 1 is 1.00 bits per heavy atom. The van der Waals surface area contributed by atoms with Gasteiger partial charge in [-0.15, -0.1) is 0 Å². The molecule has 6 nitrogen and oxygen atoms in total. The minimum absolute atomic E-state index is 0.0105. The molecular weight excluding hydrogens is 405 g/mol. The molecule has 2 aromatic rings. The molecule has 0 aromatic heterocycles. The third-order valence-corrected chi connectivity index (χ3v) is 6.43. The summed E-state index contributed by atoms with van der Waals surface area (Å²) in [5.41, 5.74) is 1.27. The second kappa shape index (κ2) is 10.0. The molecule has 1 aliphatic heterocycles. The third-order valence-electron chi connectivity index (χ3n) is 5.25. The summed E-state index contributed by atoms with van der Waals surface area (Å²) >= 11 is 0. The molecule has 0 N–H and O–H groups in total. The Balaban J connectivity index is 1.48. The highest BCUT2D eigenvalue weighted by Gasteiger charge is 2.23. The molecule has 1 amide bonds. The molecule has 0 spiro atoms. The van der Waals surface area contributed by atoms with Gasteiger partial charge in [-0.2, -0.15) is 0 Å². The molecule has 30 heavy (non-hydrogen) atoms. The largest absolute Gasteiger partial charge is 0.340 e. The molecule has 1 saturated heterocycles. The summed E-state index contributed by atoms with van der Waals surface area (Å²) < 4.78 is 39.3. The molecule has 0 saturated carbocycles. The lowest BCUT2D eigenvalue weighted by molar-refractivity contribution is -0.133. The number of hydrogen-bond acceptors (Lipinski definition) is 4. The molecule has 0 unspecified atom stereocenters. The minimum Gasteiger partial charge on any atom is -0.340 e. The van der Waals surface area contributed by atoms with Gasteiger partial charge in [-0.05, 0) is 24.1 Å². The zero-order chi connectivity index (χ0) is 21.6. The second-order valence-electron chi connectivity index (χ2n) is 7.53. The molecule has 2 aromatic carbocycles. The second-order valence-corrected chi connectivity index (χ2v) is 9.44. The number of anilines is 1. The predicted molar refractivity (Wildman–Crippen MR) is 116 cm³/mol. The van der Waals surface area contributed by atoms with Crippen LogP contribution in [0.5, 0.6) is 0 Å². The van der Waals surface area contributed by atoms with Gasteiger partial charge < -0.3 is 4.90 Å². The van der Waals surface area contributed by atoms with Crippen molar-refractivity contribution in [1.82, 2.24) is 9.80 Å². The van der Waals surface area contributed by atoms with Crippen LogP contribution >= 0.6 is 0 Å². The number of hydrogen-bond donors (Lipinski definition) is 0. The minimum atomic E-state index is -3.64. The maximum atomic E-state index is 14.1. The van der Waals surface area contributed by atoms with Crippen LogP contribution in [0.4, 0.5) is 10.1 Å². The quantitative estimate of drug-likeness (QED) is 0.642. The van der Waals surface area contributed by atoms with E-state index in [0.717, 1.165) is 30.2 Å².